The molecule has 0 spiro atoms. The Hall–Kier alpha value is -1.66. The van der Waals surface area contributed by atoms with Gasteiger partial charge in [0.1, 0.15) is 5.82 Å². The van der Waals surface area contributed by atoms with Gasteiger partial charge in [-0.2, -0.15) is 0 Å². The quantitative estimate of drug-likeness (QED) is 0.520. The van der Waals surface area contributed by atoms with Crippen LogP contribution in [0.15, 0.2) is 18.2 Å². The fourth-order valence-corrected chi connectivity index (χ4v) is 2.31. The van der Waals surface area contributed by atoms with Gasteiger partial charge in [-0.05, 0) is 31.5 Å². The van der Waals surface area contributed by atoms with E-state index in [1.54, 1.807) is 6.07 Å². The number of nitrogens with one attached hydrogen (secondary N) is 2. The van der Waals surface area contributed by atoms with Crippen LogP contribution in [-0.4, -0.2) is 36.5 Å². The number of hydrogen-bond donors (Lipinski definition) is 3. The van der Waals surface area contributed by atoms with Gasteiger partial charge in [-0.25, -0.2) is 4.39 Å². The largest absolute Gasteiger partial charge is 0.351 e. The molecule has 5 nitrogen and oxygen atoms in total. The summed E-state index contributed by atoms with van der Waals surface area (Å²) in [6.45, 7) is 4.45. The number of para-hydroxylation sites is 1. The van der Waals surface area contributed by atoms with E-state index in [9.17, 15) is 9.18 Å². The van der Waals surface area contributed by atoms with Crippen LogP contribution in [0.1, 0.15) is 30.1 Å². The number of likely N-dealkylation sites (N-methyl/N-ethyl adjacent to an activating group) is 1. The Balaban J connectivity index is 1.90. The maximum atomic E-state index is 13.5. The van der Waals surface area contributed by atoms with E-state index in [1.165, 1.54) is 25.0 Å². The summed E-state index contributed by atoms with van der Waals surface area (Å²) >= 11 is 0. The second-order valence-corrected chi connectivity index (χ2v) is 4.92. The van der Waals surface area contributed by atoms with E-state index in [0.29, 0.717) is 12.6 Å². The molecule has 1 saturated carbocycles. The third-order valence-corrected chi connectivity index (χ3v) is 3.56. The van der Waals surface area contributed by atoms with Gasteiger partial charge in [0.15, 0.2) is 0 Å². The van der Waals surface area contributed by atoms with E-state index in [4.69, 9.17) is 5.84 Å². The predicted molar refractivity (Wildman–Crippen MR) is 76.8 cm³/mol. The number of carbonyl (C=O) groups is 1. The van der Waals surface area contributed by atoms with E-state index in [1.807, 2.05) is 0 Å². The molecule has 110 valence electrons. The molecular weight excluding hydrogens is 259 g/mol. The normalized spacial score (nSPS) is 14.4. The summed E-state index contributed by atoms with van der Waals surface area (Å²) in [5.41, 5.74) is 2.49. The Morgan fingerprint density at radius 3 is 2.85 bits per heavy atom. The average Bonchev–Trinajstić information content (AvgIpc) is 3.27. The first-order valence-electron chi connectivity index (χ1n) is 6.94. The lowest BCUT2D eigenvalue weighted by atomic mass is 10.1. The van der Waals surface area contributed by atoms with E-state index in [-0.39, 0.29) is 17.2 Å². The van der Waals surface area contributed by atoms with Crippen molar-refractivity contribution in [1.29, 1.82) is 0 Å². The molecule has 0 saturated heterocycles. The Kier molecular flexibility index (Phi) is 4.92. The highest BCUT2D eigenvalue weighted by molar-refractivity contribution is 5.99. The third-order valence-electron chi connectivity index (χ3n) is 3.56. The summed E-state index contributed by atoms with van der Waals surface area (Å²) in [5, 5.41) is 2.81. The second kappa shape index (κ2) is 6.67. The van der Waals surface area contributed by atoms with Crippen molar-refractivity contribution in [3.8, 4) is 0 Å². The van der Waals surface area contributed by atoms with Crippen molar-refractivity contribution in [3.05, 3.63) is 29.6 Å². The van der Waals surface area contributed by atoms with Gasteiger partial charge in [-0.3, -0.25) is 15.5 Å². The number of anilines is 1. The first-order chi connectivity index (χ1) is 9.67. The molecule has 1 aromatic rings. The van der Waals surface area contributed by atoms with Crippen LogP contribution in [0.25, 0.3) is 0 Å². The lowest BCUT2D eigenvalue weighted by Gasteiger charge is -2.20. The van der Waals surface area contributed by atoms with Crippen molar-refractivity contribution >= 4 is 11.6 Å². The monoisotopic (exact) mass is 280 g/mol. The summed E-state index contributed by atoms with van der Waals surface area (Å²) in [6, 6.07) is 4.98. The van der Waals surface area contributed by atoms with Gasteiger partial charge in [0.2, 0.25) is 0 Å². The molecule has 2 rings (SSSR count). The number of rotatable bonds is 7. The molecule has 0 atom stereocenters. The molecular formula is C14H21FN4O. The zero-order valence-electron chi connectivity index (χ0n) is 11.7. The number of hydrogen-bond acceptors (Lipinski definition) is 4. The summed E-state index contributed by atoms with van der Waals surface area (Å²) in [7, 11) is 0. The zero-order valence-corrected chi connectivity index (χ0v) is 11.7. The lowest BCUT2D eigenvalue weighted by Crippen LogP contribution is -2.36. The fourth-order valence-electron chi connectivity index (χ4n) is 2.31. The topological polar surface area (TPSA) is 70.4 Å². The van der Waals surface area contributed by atoms with Crippen LogP contribution in [0.2, 0.25) is 0 Å². The lowest BCUT2D eigenvalue weighted by molar-refractivity contribution is 0.0948. The number of carbonyl (C=O) groups excluding carboxylic acids is 1. The van der Waals surface area contributed by atoms with Crippen LogP contribution >= 0.6 is 0 Å². The molecule has 0 aromatic heterocycles. The van der Waals surface area contributed by atoms with Crippen LogP contribution in [0.4, 0.5) is 10.1 Å². The Morgan fingerprint density at radius 2 is 2.25 bits per heavy atom. The highest BCUT2D eigenvalue weighted by Crippen LogP contribution is 2.25. The van der Waals surface area contributed by atoms with Crippen LogP contribution in [-0.2, 0) is 0 Å². The van der Waals surface area contributed by atoms with Gasteiger partial charge in [-0.1, -0.05) is 13.0 Å². The van der Waals surface area contributed by atoms with E-state index >= 15 is 0 Å². The maximum Gasteiger partial charge on any atom is 0.253 e. The van der Waals surface area contributed by atoms with Crippen LogP contribution in [0, 0.1) is 5.82 Å². The van der Waals surface area contributed by atoms with E-state index in [2.05, 4.69) is 22.6 Å². The number of nitrogens with zero attached hydrogens (tertiary/aromatic N) is 1. The first-order valence-corrected chi connectivity index (χ1v) is 6.94. The molecule has 0 bridgehead atoms. The molecule has 20 heavy (non-hydrogen) atoms. The number of nitrogen functional groups attached to an aromatic ring is 1. The number of benzene rings is 1. The van der Waals surface area contributed by atoms with Crippen LogP contribution in [0.5, 0.6) is 0 Å². The molecule has 1 aromatic carbocycles. The third kappa shape index (κ3) is 3.46. The minimum Gasteiger partial charge on any atom is -0.351 e. The molecule has 1 fully saturated rings. The summed E-state index contributed by atoms with van der Waals surface area (Å²) in [5.74, 6) is 4.41. The molecule has 0 heterocycles. The number of hydrazine groups is 1. The summed E-state index contributed by atoms with van der Waals surface area (Å²) < 4.78 is 13.5. The van der Waals surface area contributed by atoms with Crippen molar-refractivity contribution < 1.29 is 9.18 Å². The maximum absolute atomic E-state index is 13.5. The molecule has 6 heteroatoms. The van der Waals surface area contributed by atoms with Gasteiger partial charge >= 0.3 is 0 Å². The fraction of sp³-hybridized carbons (Fsp3) is 0.500. The van der Waals surface area contributed by atoms with Gasteiger partial charge in [0.25, 0.3) is 5.91 Å². The number of nitrogens with two attached hydrogens (primary N) is 1. The highest BCUT2D eigenvalue weighted by Gasteiger charge is 2.27. The number of amides is 1. The molecule has 0 unspecified atom stereocenters. The molecule has 1 amide bonds. The minimum absolute atomic E-state index is 0.0274. The Labute approximate surface area is 118 Å². The van der Waals surface area contributed by atoms with Gasteiger partial charge in [0, 0.05) is 19.1 Å². The van der Waals surface area contributed by atoms with Crippen molar-refractivity contribution in [1.82, 2.24) is 10.2 Å². The number of halogens is 1. The first kappa shape index (κ1) is 14.7. The Bertz CT molecular complexity index is 476. The molecule has 4 N–H and O–H groups in total. The van der Waals surface area contributed by atoms with E-state index < -0.39 is 5.82 Å². The van der Waals surface area contributed by atoms with Gasteiger partial charge in [-0.15, -0.1) is 0 Å². The van der Waals surface area contributed by atoms with E-state index in [0.717, 1.165) is 13.1 Å². The van der Waals surface area contributed by atoms with Crippen LogP contribution in [0.3, 0.4) is 0 Å². The zero-order chi connectivity index (χ0) is 14.5. The van der Waals surface area contributed by atoms with Gasteiger partial charge < -0.3 is 10.7 Å². The smallest absolute Gasteiger partial charge is 0.253 e. The average molecular weight is 280 g/mol. The predicted octanol–water partition coefficient (Wildman–Crippen LogP) is 1.33. The highest BCUT2D eigenvalue weighted by atomic mass is 19.1. The molecule has 0 aliphatic heterocycles. The molecule has 1 aliphatic rings. The molecule has 0 radical (unpaired) electrons. The van der Waals surface area contributed by atoms with Crippen LogP contribution < -0.4 is 16.6 Å². The van der Waals surface area contributed by atoms with Crippen molar-refractivity contribution in [2.75, 3.05) is 25.1 Å². The molecule has 1 aliphatic carbocycles. The minimum atomic E-state index is -0.534. The SMILES string of the molecule is CCN(CCNC(=O)c1cccc(F)c1NN)C1CC1. The van der Waals surface area contributed by atoms with Crippen molar-refractivity contribution in [2.45, 2.75) is 25.8 Å². The summed E-state index contributed by atoms with van der Waals surface area (Å²) in [4.78, 5) is 14.4. The summed E-state index contributed by atoms with van der Waals surface area (Å²) in [6.07, 6.45) is 2.49. The van der Waals surface area contributed by atoms with Crippen molar-refractivity contribution in [2.24, 2.45) is 5.84 Å². The standard InChI is InChI=1S/C14H21FN4O/c1-2-19(10-6-7-10)9-8-17-14(20)11-4-3-5-12(15)13(11)18-16/h3-5,10,18H,2,6-9,16H2,1H3,(H,17,20). The van der Waals surface area contributed by atoms with Crippen molar-refractivity contribution in [3.63, 3.8) is 0 Å². The Morgan fingerprint density at radius 1 is 1.50 bits per heavy atom. The second-order valence-electron chi connectivity index (χ2n) is 4.92. The van der Waals surface area contributed by atoms with Gasteiger partial charge in [0.05, 0.1) is 11.3 Å².